The molecule has 0 bridgehead atoms. The van der Waals surface area contributed by atoms with Gasteiger partial charge in [0.1, 0.15) is 5.69 Å². The molecular weight excluding hydrogens is 431 g/mol. The summed E-state index contributed by atoms with van der Waals surface area (Å²) in [6, 6.07) is 4.88. The van der Waals surface area contributed by atoms with Gasteiger partial charge in [-0.3, -0.25) is 14.5 Å². The number of alkyl halides is 3. The Kier molecular flexibility index (Phi) is 5.86. The normalized spacial score (nSPS) is 18.6. The molecule has 11 heteroatoms. The van der Waals surface area contributed by atoms with Crippen molar-refractivity contribution >= 4 is 23.7 Å². The van der Waals surface area contributed by atoms with Crippen LogP contribution in [0.2, 0.25) is 0 Å². The fourth-order valence-electron chi connectivity index (χ4n) is 3.76. The number of urea groups is 1. The van der Waals surface area contributed by atoms with Crippen LogP contribution in [0.5, 0.6) is 0 Å². The highest BCUT2D eigenvalue weighted by atomic mass is 19.4. The summed E-state index contributed by atoms with van der Waals surface area (Å²) in [5.74, 6) is -3.12. The van der Waals surface area contributed by atoms with Gasteiger partial charge < -0.3 is 15.0 Å². The number of H-pyrrole nitrogens is 1. The predicted molar refractivity (Wildman–Crippen MR) is 105 cm³/mol. The smallest absolute Gasteiger partial charge is 0.425 e. The molecule has 170 valence electrons. The second-order valence-electron chi connectivity index (χ2n) is 7.20. The molecule has 1 aromatic heterocycles. The van der Waals surface area contributed by atoms with E-state index in [0.29, 0.717) is 0 Å². The number of ketones is 1. The van der Waals surface area contributed by atoms with Gasteiger partial charge in [0, 0.05) is 11.3 Å². The molecule has 0 saturated carbocycles. The molecule has 1 atom stereocenters. The van der Waals surface area contributed by atoms with Gasteiger partial charge in [0.05, 0.1) is 13.2 Å². The molecule has 3 amide bonds. The van der Waals surface area contributed by atoms with Gasteiger partial charge in [-0.2, -0.15) is 13.2 Å². The zero-order chi connectivity index (χ0) is 23.8. The Bertz CT molecular complexity index is 1090. The summed E-state index contributed by atoms with van der Waals surface area (Å²) in [5.41, 5.74) is -3.30. The lowest BCUT2D eigenvalue weighted by molar-refractivity contribution is -0.198. The molecule has 1 saturated heterocycles. The number of rotatable bonds is 6. The predicted octanol–water partition coefficient (Wildman–Crippen LogP) is 3.00. The molecule has 2 heterocycles. The third kappa shape index (κ3) is 3.53. The van der Waals surface area contributed by atoms with E-state index < -0.39 is 47.5 Å². The van der Waals surface area contributed by atoms with Gasteiger partial charge in [-0.15, -0.1) is 0 Å². The summed E-state index contributed by atoms with van der Waals surface area (Å²) >= 11 is 0. The number of esters is 1. The number of benzene rings is 1. The van der Waals surface area contributed by atoms with E-state index >= 15 is 0 Å². The van der Waals surface area contributed by atoms with Crippen LogP contribution < -0.4 is 5.32 Å². The lowest BCUT2D eigenvalue weighted by Gasteiger charge is -2.29. The van der Waals surface area contributed by atoms with E-state index in [-0.39, 0.29) is 34.0 Å². The molecule has 2 N–H and O–H groups in total. The minimum Gasteiger partial charge on any atom is -0.461 e. The lowest BCUT2D eigenvalue weighted by Crippen LogP contribution is -2.55. The summed E-state index contributed by atoms with van der Waals surface area (Å²) in [7, 11) is 0. The summed E-state index contributed by atoms with van der Waals surface area (Å²) in [6.07, 6.45) is -5.16. The molecule has 1 aliphatic heterocycles. The topological polar surface area (TPSA) is 109 Å². The first kappa shape index (κ1) is 23.0. The molecule has 1 fully saturated rings. The van der Waals surface area contributed by atoms with E-state index in [1.54, 1.807) is 12.2 Å². The Balaban J connectivity index is 1.96. The standard InChI is InChI=1S/C21H20F3N3O5/c1-4-32-17(29)16-11(2)15(12(3)25-16)14(28)10-27-18(30)20(21(22,23)24,26-19(27)31)13-8-6-5-7-9-13/h5-9,25H,4,10H2,1-3H3,(H,26,31). The number of amides is 3. The van der Waals surface area contributed by atoms with Crippen molar-refractivity contribution in [2.24, 2.45) is 0 Å². The lowest BCUT2D eigenvalue weighted by atomic mass is 9.89. The zero-order valence-corrected chi connectivity index (χ0v) is 17.4. The van der Waals surface area contributed by atoms with Crippen LogP contribution in [0, 0.1) is 13.8 Å². The number of hydrogen-bond donors (Lipinski definition) is 2. The minimum absolute atomic E-state index is 0.00197. The largest absolute Gasteiger partial charge is 0.461 e. The van der Waals surface area contributed by atoms with Crippen LogP contribution in [0.4, 0.5) is 18.0 Å². The van der Waals surface area contributed by atoms with E-state index in [1.165, 1.54) is 32.0 Å². The second-order valence-corrected chi connectivity index (χ2v) is 7.20. The van der Waals surface area contributed by atoms with E-state index in [0.717, 1.165) is 12.1 Å². The van der Waals surface area contributed by atoms with E-state index in [9.17, 15) is 32.3 Å². The van der Waals surface area contributed by atoms with Crippen LogP contribution in [0.15, 0.2) is 30.3 Å². The highest BCUT2D eigenvalue weighted by Gasteiger charge is 2.68. The van der Waals surface area contributed by atoms with Crippen LogP contribution in [0.3, 0.4) is 0 Å². The number of halogens is 3. The van der Waals surface area contributed by atoms with Crippen LogP contribution in [0.1, 0.15) is 44.6 Å². The van der Waals surface area contributed by atoms with E-state index in [2.05, 4.69) is 4.98 Å². The van der Waals surface area contributed by atoms with Crippen LogP contribution >= 0.6 is 0 Å². The Morgan fingerprint density at radius 1 is 1.12 bits per heavy atom. The molecule has 0 radical (unpaired) electrons. The summed E-state index contributed by atoms with van der Waals surface area (Å²) in [5, 5.41) is 1.73. The van der Waals surface area contributed by atoms with Crippen molar-refractivity contribution in [3.05, 3.63) is 58.4 Å². The number of aromatic nitrogens is 1. The average Bonchev–Trinajstić information content (AvgIpc) is 3.16. The number of nitrogens with zero attached hydrogens (tertiary/aromatic N) is 1. The SMILES string of the molecule is CCOC(=O)c1[nH]c(C)c(C(=O)CN2C(=O)NC(c3ccccc3)(C(F)(F)F)C2=O)c1C. The van der Waals surface area contributed by atoms with Crippen molar-refractivity contribution < 1.29 is 37.1 Å². The number of aryl methyl sites for hydroxylation is 1. The molecule has 3 rings (SSSR count). The molecular formula is C21H20F3N3O5. The maximum absolute atomic E-state index is 14.0. The quantitative estimate of drug-likeness (QED) is 0.399. The number of carbonyl (C=O) groups excluding carboxylic acids is 4. The summed E-state index contributed by atoms with van der Waals surface area (Å²) in [6.45, 7) is 3.71. The fourth-order valence-corrected chi connectivity index (χ4v) is 3.76. The molecule has 1 aromatic carbocycles. The molecule has 0 aliphatic carbocycles. The van der Waals surface area contributed by atoms with Crippen LogP contribution in [-0.2, 0) is 15.1 Å². The first-order valence-corrected chi connectivity index (χ1v) is 9.61. The van der Waals surface area contributed by atoms with Gasteiger partial charge in [-0.25, -0.2) is 9.59 Å². The molecule has 8 nitrogen and oxygen atoms in total. The van der Waals surface area contributed by atoms with Gasteiger partial charge in [0.25, 0.3) is 5.91 Å². The number of aromatic amines is 1. The van der Waals surface area contributed by atoms with Gasteiger partial charge in [0.15, 0.2) is 5.78 Å². The van der Waals surface area contributed by atoms with Crippen molar-refractivity contribution in [3.63, 3.8) is 0 Å². The first-order chi connectivity index (χ1) is 15.0. The second kappa shape index (κ2) is 8.13. The maximum Gasteiger partial charge on any atom is 0.425 e. The third-order valence-electron chi connectivity index (χ3n) is 5.24. The number of Topliss-reactive ketones (excluding diaryl/α,β-unsaturated/α-hetero) is 1. The van der Waals surface area contributed by atoms with Gasteiger partial charge in [0.2, 0.25) is 5.54 Å². The van der Waals surface area contributed by atoms with Crippen molar-refractivity contribution in [2.75, 3.05) is 13.2 Å². The Morgan fingerprint density at radius 2 is 1.75 bits per heavy atom. The van der Waals surface area contributed by atoms with Crippen molar-refractivity contribution in [1.82, 2.24) is 15.2 Å². The van der Waals surface area contributed by atoms with E-state index in [4.69, 9.17) is 4.74 Å². The van der Waals surface area contributed by atoms with Gasteiger partial charge in [-0.1, -0.05) is 30.3 Å². The van der Waals surface area contributed by atoms with Crippen LogP contribution in [-0.4, -0.2) is 52.9 Å². The van der Waals surface area contributed by atoms with Crippen LogP contribution in [0.25, 0.3) is 0 Å². The van der Waals surface area contributed by atoms with Gasteiger partial charge in [-0.05, 0) is 31.9 Å². The number of hydrogen-bond acceptors (Lipinski definition) is 5. The Morgan fingerprint density at radius 3 is 2.31 bits per heavy atom. The first-order valence-electron chi connectivity index (χ1n) is 9.61. The summed E-state index contributed by atoms with van der Waals surface area (Å²) in [4.78, 5) is 53.2. The zero-order valence-electron chi connectivity index (χ0n) is 17.4. The Labute approximate surface area is 180 Å². The number of carbonyl (C=O) groups is 4. The molecule has 1 unspecified atom stereocenters. The maximum atomic E-state index is 14.0. The molecule has 0 spiro atoms. The third-order valence-corrected chi connectivity index (χ3v) is 5.24. The van der Waals surface area contributed by atoms with Crippen molar-refractivity contribution in [2.45, 2.75) is 32.5 Å². The highest BCUT2D eigenvalue weighted by Crippen LogP contribution is 2.43. The highest BCUT2D eigenvalue weighted by molar-refractivity contribution is 6.12. The number of ether oxygens (including phenoxy) is 1. The van der Waals surface area contributed by atoms with Gasteiger partial charge >= 0.3 is 18.2 Å². The fraction of sp³-hybridized carbons (Fsp3) is 0.333. The van der Waals surface area contributed by atoms with Crippen molar-refractivity contribution in [3.8, 4) is 0 Å². The summed E-state index contributed by atoms with van der Waals surface area (Å²) < 4.78 is 47.0. The minimum atomic E-state index is -5.16. The number of nitrogens with one attached hydrogen (secondary N) is 2. The molecule has 1 aliphatic rings. The Hall–Kier alpha value is -3.63. The molecule has 32 heavy (non-hydrogen) atoms. The monoisotopic (exact) mass is 451 g/mol. The number of imide groups is 1. The molecule has 2 aromatic rings. The van der Waals surface area contributed by atoms with E-state index in [1.807, 2.05) is 0 Å². The van der Waals surface area contributed by atoms with Crippen molar-refractivity contribution in [1.29, 1.82) is 0 Å². The average molecular weight is 451 g/mol.